The topological polar surface area (TPSA) is 169 Å². The highest BCUT2D eigenvalue weighted by molar-refractivity contribution is 6.32. The normalized spacial score (nSPS) is 9.00. The number of hydrogen-bond acceptors (Lipinski definition) is 6. The fourth-order valence-electron chi connectivity index (χ4n) is 1.10. The van der Waals surface area contributed by atoms with E-state index in [-0.39, 0.29) is 41.3 Å². The van der Waals surface area contributed by atoms with E-state index in [0.29, 0.717) is 6.54 Å². The number of nitriles is 1. The van der Waals surface area contributed by atoms with Gasteiger partial charge in [0.15, 0.2) is 28.4 Å². The summed E-state index contributed by atoms with van der Waals surface area (Å²) in [5.74, 6) is -1.25. The van der Waals surface area contributed by atoms with Crippen LogP contribution in [0.4, 0.5) is 11.6 Å². The number of hydrogen-bond donors (Lipinski definition) is 4. The van der Waals surface area contributed by atoms with Crippen molar-refractivity contribution in [1.29, 1.82) is 5.26 Å². The monoisotopic (exact) mass is 318 g/mol. The second kappa shape index (κ2) is 7.98. The van der Waals surface area contributed by atoms with Crippen LogP contribution >= 0.6 is 24.0 Å². The second-order valence-corrected chi connectivity index (χ2v) is 3.63. The standard InChI is InChI=1S/C9H11ClN8O.ClH/c10-5-7(15-3-1-2-11)17-6(12)4(16-5)8(19)18-9(13)14;/h1,3H2,(H3,12,15,17)(H4,13,14,18,19);1H. The number of rotatable bonds is 4. The van der Waals surface area contributed by atoms with E-state index >= 15 is 0 Å². The van der Waals surface area contributed by atoms with E-state index in [1.54, 1.807) is 0 Å². The number of amides is 1. The van der Waals surface area contributed by atoms with E-state index in [1.165, 1.54) is 0 Å². The predicted octanol–water partition coefficient (Wildman–Crippen LogP) is -0.127. The molecule has 1 aromatic rings. The summed E-state index contributed by atoms with van der Waals surface area (Å²) in [6.07, 6.45) is 0.257. The lowest BCUT2D eigenvalue weighted by Crippen LogP contribution is -2.25. The smallest absolute Gasteiger partial charge is 0.302 e. The minimum atomic E-state index is -0.838. The molecule has 108 valence electrons. The van der Waals surface area contributed by atoms with Crippen LogP contribution in [0, 0.1) is 11.3 Å². The third-order valence-electron chi connectivity index (χ3n) is 1.84. The van der Waals surface area contributed by atoms with Gasteiger partial charge in [-0.15, -0.1) is 12.4 Å². The molecule has 0 aliphatic carbocycles. The Morgan fingerprint density at radius 2 is 2.10 bits per heavy atom. The van der Waals surface area contributed by atoms with Gasteiger partial charge in [-0.2, -0.15) is 10.3 Å². The Balaban J connectivity index is 0.00000361. The van der Waals surface area contributed by atoms with Gasteiger partial charge in [0.2, 0.25) is 0 Å². The summed E-state index contributed by atoms with van der Waals surface area (Å²) < 4.78 is 0. The Morgan fingerprint density at radius 1 is 1.45 bits per heavy atom. The number of halogens is 2. The van der Waals surface area contributed by atoms with Crippen molar-refractivity contribution in [2.45, 2.75) is 6.42 Å². The number of anilines is 2. The van der Waals surface area contributed by atoms with E-state index in [4.69, 9.17) is 34.1 Å². The number of guanidine groups is 1. The number of nitrogens with zero attached hydrogens (tertiary/aromatic N) is 4. The first-order valence-electron chi connectivity index (χ1n) is 5.03. The molecule has 11 heteroatoms. The van der Waals surface area contributed by atoms with Crippen LogP contribution in [-0.2, 0) is 0 Å². The van der Waals surface area contributed by atoms with Crippen molar-refractivity contribution < 1.29 is 4.79 Å². The van der Waals surface area contributed by atoms with Gasteiger partial charge in [-0.1, -0.05) is 11.6 Å². The highest BCUT2D eigenvalue weighted by Crippen LogP contribution is 2.20. The molecule has 0 aliphatic rings. The zero-order chi connectivity index (χ0) is 14.4. The van der Waals surface area contributed by atoms with Gasteiger partial charge in [-0.3, -0.25) is 4.79 Å². The summed E-state index contributed by atoms with van der Waals surface area (Å²) in [5, 5.41) is 11.1. The van der Waals surface area contributed by atoms with Crippen LogP contribution in [0.3, 0.4) is 0 Å². The Kier molecular flexibility index (Phi) is 7.06. The van der Waals surface area contributed by atoms with Crippen LogP contribution in [0.2, 0.25) is 5.15 Å². The molecule has 1 rings (SSSR count). The van der Waals surface area contributed by atoms with Crippen LogP contribution in [-0.4, -0.2) is 28.4 Å². The third kappa shape index (κ3) is 4.75. The maximum Gasteiger partial charge on any atom is 0.302 e. The lowest BCUT2D eigenvalue weighted by Gasteiger charge is -2.07. The quantitative estimate of drug-likeness (QED) is 0.338. The minimum Gasteiger partial charge on any atom is -0.382 e. The molecule has 0 spiro atoms. The van der Waals surface area contributed by atoms with Gasteiger partial charge in [0.25, 0.3) is 0 Å². The fourth-order valence-corrected chi connectivity index (χ4v) is 1.30. The van der Waals surface area contributed by atoms with Gasteiger partial charge < -0.3 is 22.5 Å². The summed E-state index contributed by atoms with van der Waals surface area (Å²) in [5.41, 5.74) is 15.5. The van der Waals surface area contributed by atoms with E-state index in [1.807, 2.05) is 6.07 Å². The number of carbonyl (C=O) groups excluding carboxylic acids is 1. The maximum absolute atomic E-state index is 11.5. The molecule has 0 bridgehead atoms. The Bertz CT molecular complexity index is 564. The molecule has 0 unspecified atom stereocenters. The van der Waals surface area contributed by atoms with Crippen LogP contribution in [0.15, 0.2) is 4.99 Å². The fraction of sp³-hybridized carbons (Fsp3) is 0.222. The number of nitrogens with one attached hydrogen (secondary N) is 1. The lowest BCUT2D eigenvalue weighted by molar-refractivity contribution is 0.0998. The molecule has 20 heavy (non-hydrogen) atoms. The average Bonchev–Trinajstić information content (AvgIpc) is 2.32. The molecule has 0 atom stereocenters. The number of nitrogens with two attached hydrogens (primary N) is 3. The Hall–Kier alpha value is -2.31. The highest BCUT2D eigenvalue weighted by Gasteiger charge is 2.16. The molecule has 0 saturated heterocycles. The van der Waals surface area contributed by atoms with Crippen molar-refractivity contribution in [3.05, 3.63) is 10.8 Å². The lowest BCUT2D eigenvalue weighted by atomic mass is 10.4. The van der Waals surface area contributed by atoms with Gasteiger partial charge in [-0.25, -0.2) is 9.97 Å². The number of aliphatic imine (C=N–C) groups is 1. The van der Waals surface area contributed by atoms with Crippen LogP contribution in [0.1, 0.15) is 16.9 Å². The summed E-state index contributed by atoms with van der Waals surface area (Å²) in [6.45, 7) is 0.325. The molecule has 1 aromatic heterocycles. The molecule has 7 N–H and O–H groups in total. The molecular formula is C9H12Cl2N8O. The van der Waals surface area contributed by atoms with Crippen LogP contribution in [0.25, 0.3) is 0 Å². The SMILES string of the molecule is Cl.N#CCCNc1nc(N)c(C(=O)N=C(N)N)nc1Cl. The molecule has 0 fully saturated rings. The largest absolute Gasteiger partial charge is 0.382 e. The molecule has 0 saturated carbocycles. The summed E-state index contributed by atoms with van der Waals surface area (Å²) in [6, 6.07) is 1.94. The maximum atomic E-state index is 11.5. The van der Waals surface area contributed by atoms with E-state index < -0.39 is 11.9 Å². The Labute approximate surface area is 125 Å². The second-order valence-electron chi connectivity index (χ2n) is 3.27. The van der Waals surface area contributed by atoms with Crippen molar-refractivity contribution in [2.75, 3.05) is 17.6 Å². The summed E-state index contributed by atoms with van der Waals surface area (Å²) >= 11 is 5.82. The molecule has 0 radical (unpaired) electrons. The van der Waals surface area contributed by atoms with E-state index in [9.17, 15) is 4.79 Å². The summed E-state index contributed by atoms with van der Waals surface area (Å²) in [4.78, 5) is 22.5. The van der Waals surface area contributed by atoms with E-state index in [0.717, 1.165) is 0 Å². The van der Waals surface area contributed by atoms with Crippen LogP contribution < -0.4 is 22.5 Å². The van der Waals surface area contributed by atoms with Gasteiger partial charge in [-0.05, 0) is 0 Å². The molecule has 1 amide bonds. The minimum absolute atomic E-state index is 0. The van der Waals surface area contributed by atoms with Gasteiger partial charge >= 0.3 is 5.91 Å². The molecule has 0 aromatic carbocycles. The molecule has 1 heterocycles. The van der Waals surface area contributed by atoms with Crippen molar-refractivity contribution in [3.63, 3.8) is 0 Å². The summed E-state index contributed by atoms with van der Waals surface area (Å²) in [7, 11) is 0. The number of nitrogen functional groups attached to an aromatic ring is 1. The van der Waals surface area contributed by atoms with E-state index in [2.05, 4.69) is 20.3 Å². The molecule has 0 aliphatic heterocycles. The van der Waals surface area contributed by atoms with Crippen LogP contribution in [0.5, 0.6) is 0 Å². The number of aromatic nitrogens is 2. The predicted molar refractivity (Wildman–Crippen MR) is 77.6 cm³/mol. The number of carbonyl (C=O) groups is 1. The Morgan fingerprint density at radius 3 is 2.65 bits per heavy atom. The van der Waals surface area contributed by atoms with Crippen molar-refractivity contribution in [3.8, 4) is 6.07 Å². The van der Waals surface area contributed by atoms with Crippen molar-refractivity contribution >= 4 is 47.5 Å². The third-order valence-corrected chi connectivity index (χ3v) is 2.11. The zero-order valence-corrected chi connectivity index (χ0v) is 11.7. The van der Waals surface area contributed by atoms with Crippen molar-refractivity contribution in [1.82, 2.24) is 9.97 Å². The van der Waals surface area contributed by atoms with Gasteiger partial charge in [0.05, 0.1) is 12.5 Å². The molecular weight excluding hydrogens is 307 g/mol. The van der Waals surface area contributed by atoms with Gasteiger partial charge in [0, 0.05) is 6.54 Å². The first kappa shape index (κ1) is 17.7. The highest BCUT2D eigenvalue weighted by atomic mass is 35.5. The first-order chi connectivity index (χ1) is 8.95. The van der Waals surface area contributed by atoms with Gasteiger partial charge in [0.1, 0.15) is 0 Å². The average molecular weight is 319 g/mol. The van der Waals surface area contributed by atoms with Crippen molar-refractivity contribution in [2.24, 2.45) is 16.5 Å². The zero-order valence-electron chi connectivity index (χ0n) is 10.1. The first-order valence-corrected chi connectivity index (χ1v) is 5.41. The molecule has 9 nitrogen and oxygen atoms in total.